The Kier molecular flexibility index (Phi) is 6.05. The van der Waals surface area contributed by atoms with Gasteiger partial charge in [0.15, 0.2) is 17.3 Å². The molecule has 1 aliphatic rings. The minimum Gasteiger partial charge on any atom is -0.211 e. The summed E-state index contributed by atoms with van der Waals surface area (Å²) in [6.45, 7) is 0. The lowest BCUT2D eigenvalue weighted by atomic mass is 10.3. The lowest BCUT2D eigenvalue weighted by Gasteiger charge is -2.02. The molecular weight excluding hydrogens is 393 g/mol. The fourth-order valence-electron chi connectivity index (χ4n) is 1.62. The number of para-hydroxylation sites is 1. The van der Waals surface area contributed by atoms with Crippen LogP contribution in [0.1, 0.15) is 0 Å². The Morgan fingerprint density at radius 1 is 1.18 bits per heavy atom. The predicted octanol–water partition coefficient (Wildman–Crippen LogP) is 5.26. The normalized spacial score (nSPS) is 17.3. The number of rotatable bonds is 6. The summed E-state index contributed by atoms with van der Waals surface area (Å²) < 4.78 is 4.32. The van der Waals surface area contributed by atoms with Gasteiger partial charge in [0.1, 0.15) is 0 Å². The van der Waals surface area contributed by atoms with E-state index >= 15 is 0 Å². The zero-order valence-electron chi connectivity index (χ0n) is 11.1. The van der Waals surface area contributed by atoms with Crippen LogP contribution in [-0.4, -0.2) is 30.3 Å². The molecule has 0 bridgehead atoms. The summed E-state index contributed by atoms with van der Waals surface area (Å²) in [5.74, 6) is 1.93. The van der Waals surface area contributed by atoms with E-state index in [1.165, 1.54) is 11.8 Å². The maximum atomic E-state index is 5.39. The summed E-state index contributed by atoms with van der Waals surface area (Å²) in [6.07, 6.45) is 0. The van der Waals surface area contributed by atoms with Crippen LogP contribution in [-0.2, 0) is 0 Å². The zero-order chi connectivity index (χ0) is 15.4. The highest BCUT2D eigenvalue weighted by atomic mass is 32.2. The van der Waals surface area contributed by atoms with Crippen molar-refractivity contribution in [1.82, 2.24) is 9.78 Å². The Bertz CT molecular complexity index is 738. The van der Waals surface area contributed by atoms with E-state index in [0.717, 1.165) is 25.5 Å². The van der Waals surface area contributed by atoms with E-state index in [1.54, 1.807) is 34.9 Å². The monoisotopic (exact) mass is 402 g/mol. The molecule has 1 aromatic heterocycles. The zero-order valence-corrected chi connectivity index (χ0v) is 16.0. The number of benzene rings is 1. The molecule has 0 fully saturated rings. The van der Waals surface area contributed by atoms with Crippen LogP contribution >= 0.6 is 71.1 Å². The van der Waals surface area contributed by atoms with E-state index in [0.29, 0.717) is 4.32 Å². The van der Waals surface area contributed by atoms with Crippen molar-refractivity contribution in [1.29, 1.82) is 0 Å². The van der Waals surface area contributed by atoms with E-state index in [-0.39, 0.29) is 4.71 Å². The molecule has 0 saturated carbocycles. The number of aromatic nitrogens is 2. The summed E-state index contributed by atoms with van der Waals surface area (Å²) in [6, 6.07) is 9.96. The molecule has 0 N–H and O–H groups in total. The molecule has 2 heterocycles. The third-order valence-electron chi connectivity index (χ3n) is 2.53. The van der Waals surface area contributed by atoms with Crippen molar-refractivity contribution in [3.8, 4) is 5.69 Å². The first-order valence-corrected chi connectivity index (χ1v) is 10.8. The van der Waals surface area contributed by atoms with Crippen molar-refractivity contribution in [3.63, 3.8) is 0 Å². The molecule has 0 spiro atoms. The first-order chi connectivity index (χ1) is 10.7. The summed E-state index contributed by atoms with van der Waals surface area (Å²) in [5.41, 5.74) is 1.00. The first kappa shape index (κ1) is 16.6. The molecule has 2 aromatic rings. The molecule has 0 aliphatic carbocycles. The summed E-state index contributed by atoms with van der Waals surface area (Å²) >= 11 is 16.9. The third kappa shape index (κ3) is 4.39. The molecule has 114 valence electrons. The standard InChI is InChI=1S/C12H10N4S6/c17-9-13-14-10(21-9)19-6-7-20-11-15-16(12(18)22-11)8-4-2-1-3-5-8/h1-5,10H,6-7H2. The Morgan fingerprint density at radius 2 is 2.00 bits per heavy atom. The van der Waals surface area contributed by atoms with Crippen LogP contribution in [0, 0.1) is 3.95 Å². The van der Waals surface area contributed by atoms with E-state index < -0.39 is 0 Å². The van der Waals surface area contributed by atoms with Crippen molar-refractivity contribution in [3.05, 3.63) is 34.3 Å². The molecule has 0 amide bonds. The molecule has 4 nitrogen and oxygen atoms in total. The van der Waals surface area contributed by atoms with Crippen LogP contribution in [0.3, 0.4) is 0 Å². The minimum atomic E-state index is 0.119. The molecule has 0 radical (unpaired) electrons. The second kappa shape index (κ2) is 8.02. The molecule has 1 atom stereocenters. The van der Waals surface area contributed by atoms with Gasteiger partial charge in [0, 0.05) is 11.5 Å². The maximum absolute atomic E-state index is 5.39. The molecule has 1 aromatic carbocycles. The van der Waals surface area contributed by atoms with Gasteiger partial charge in [-0.25, -0.2) is 4.68 Å². The van der Waals surface area contributed by atoms with E-state index in [2.05, 4.69) is 15.3 Å². The van der Waals surface area contributed by atoms with Crippen LogP contribution in [0.5, 0.6) is 0 Å². The van der Waals surface area contributed by atoms with Crippen molar-refractivity contribution in [2.24, 2.45) is 10.2 Å². The predicted molar refractivity (Wildman–Crippen MR) is 104 cm³/mol. The van der Waals surface area contributed by atoms with Gasteiger partial charge in [-0.2, -0.15) is 5.11 Å². The van der Waals surface area contributed by atoms with Crippen LogP contribution < -0.4 is 0 Å². The third-order valence-corrected chi connectivity index (χ3v) is 7.63. The van der Waals surface area contributed by atoms with Crippen LogP contribution in [0.25, 0.3) is 5.69 Å². The lowest BCUT2D eigenvalue weighted by Crippen LogP contribution is -1.96. The molecular formula is C12H10N4S6. The van der Waals surface area contributed by atoms with Gasteiger partial charge in [-0.05, 0) is 36.6 Å². The van der Waals surface area contributed by atoms with Gasteiger partial charge in [0.05, 0.1) is 5.69 Å². The van der Waals surface area contributed by atoms with Crippen LogP contribution in [0.4, 0.5) is 0 Å². The fourth-order valence-corrected chi connectivity index (χ4v) is 6.44. The topological polar surface area (TPSA) is 42.5 Å². The number of hydrogen-bond donors (Lipinski definition) is 0. The molecule has 1 unspecified atom stereocenters. The Morgan fingerprint density at radius 3 is 2.73 bits per heavy atom. The molecule has 10 heteroatoms. The fraction of sp³-hybridized carbons (Fsp3) is 0.250. The average Bonchev–Trinajstić information content (AvgIpc) is 3.10. The molecule has 3 rings (SSSR count). The van der Waals surface area contributed by atoms with Gasteiger partial charge in [-0.3, -0.25) is 0 Å². The maximum Gasteiger partial charge on any atom is 0.184 e. The minimum absolute atomic E-state index is 0.119. The van der Waals surface area contributed by atoms with E-state index in [9.17, 15) is 0 Å². The van der Waals surface area contributed by atoms with Crippen LogP contribution in [0.2, 0.25) is 0 Å². The number of nitrogens with zero attached hydrogens (tertiary/aromatic N) is 4. The second-order valence-electron chi connectivity index (χ2n) is 4.01. The quantitative estimate of drug-likeness (QED) is 0.373. The van der Waals surface area contributed by atoms with Gasteiger partial charge in [-0.15, -0.1) is 22.0 Å². The largest absolute Gasteiger partial charge is 0.211 e. The highest BCUT2D eigenvalue weighted by Crippen LogP contribution is 2.33. The Labute approximate surface area is 155 Å². The number of thiocarbonyl (C=S) groups is 1. The van der Waals surface area contributed by atoms with Gasteiger partial charge >= 0.3 is 0 Å². The number of hydrogen-bond acceptors (Lipinski definition) is 8. The highest BCUT2D eigenvalue weighted by molar-refractivity contribution is 8.30. The molecule has 22 heavy (non-hydrogen) atoms. The molecule has 0 saturated heterocycles. The average molecular weight is 403 g/mol. The Hall–Kier alpha value is -0.260. The molecule has 1 aliphatic heterocycles. The highest BCUT2D eigenvalue weighted by Gasteiger charge is 2.17. The van der Waals surface area contributed by atoms with E-state index in [1.807, 2.05) is 35.0 Å². The SMILES string of the molecule is S=C1N=NC(SCCSc2nn(-c3ccccc3)c(=S)s2)S1. The smallest absolute Gasteiger partial charge is 0.184 e. The summed E-state index contributed by atoms with van der Waals surface area (Å²) in [5, 5.41) is 12.5. The number of thioether (sulfide) groups is 3. The van der Waals surface area contributed by atoms with Crippen molar-refractivity contribution in [2.75, 3.05) is 11.5 Å². The van der Waals surface area contributed by atoms with Crippen molar-refractivity contribution < 1.29 is 0 Å². The second-order valence-corrected chi connectivity index (χ2v) is 10.2. The van der Waals surface area contributed by atoms with Gasteiger partial charge in [0.25, 0.3) is 0 Å². The van der Waals surface area contributed by atoms with Crippen molar-refractivity contribution in [2.45, 2.75) is 9.05 Å². The van der Waals surface area contributed by atoms with Crippen LogP contribution in [0.15, 0.2) is 44.9 Å². The first-order valence-electron chi connectivity index (χ1n) is 6.24. The van der Waals surface area contributed by atoms with Gasteiger partial charge < -0.3 is 0 Å². The lowest BCUT2D eigenvalue weighted by molar-refractivity contribution is 0.829. The van der Waals surface area contributed by atoms with E-state index in [4.69, 9.17) is 24.4 Å². The van der Waals surface area contributed by atoms with Gasteiger partial charge in [-0.1, -0.05) is 53.1 Å². The Balaban J connectivity index is 1.52. The van der Waals surface area contributed by atoms with Gasteiger partial charge in [0.2, 0.25) is 0 Å². The number of azo groups is 1. The summed E-state index contributed by atoms with van der Waals surface area (Å²) in [4.78, 5) is 0. The van der Waals surface area contributed by atoms with Crippen molar-refractivity contribution >= 4 is 75.4 Å². The summed E-state index contributed by atoms with van der Waals surface area (Å²) in [7, 11) is 0.